The Kier molecular flexibility index (Phi) is 5.95. The number of nitro groups is 2. The molecular weight excluding hydrogens is 444 g/mol. The van der Waals surface area contributed by atoms with Crippen LogP contribution < -0.4 is 9.47 Å². The molecule has 0 aromatic heterocycles. The zero-order valence-corrected chi connectivity index (χ0v) is 17.2. The molecule has 0 aliphatic rings. The van der Waals surface area contributed by atoms with Gasteiger partial charge in [-0.3, -0.25) is 20.2 Å². The van der Waals surface area contributed by atoms with E-state index < -0.39 is 21.8 Å². The van der Waals surface area contributed by atoms with Crippen molar-refractivity contribution in [2.24, 2.45) is 0 Å². The van der Waals surface area contributed by atoms with E-state index in [0.29, 0.717) is 10.8 Å². The highest BCUT2D eigenvalue weighted by molar-refractivity contribution is 6.00. The lowest BCUT2D eigenvalue weighted by atomic mass is 10.0. The fraction of sp³-hybridized carbons (Fsp3) is 0. The number of hydrogen-bond donors (Lipinski definition) is 0. The minimum Gasteiger partial charge on any atom is -0.423 e. The molecule has 0 heterocycles. The number of nitrogens with zero attached hydrogens (tertiary/aromatic N) is 2. The monoisotopic (exact) mass is 458 g/mol. The molecule has 0 radical (unpaired) electrons. The topological polar surface area (TPSA) is 139 Å². The maximum absolute atomic E-state index is 12.4. The molecule has 4 aromatic carbocycles. The average Bonchev–Trinajstić information content (AvgIpc) is 2.84. The first-order valence-corrected chi connectivity index (χ1v) is 9.77. The molecule has 4 rings (SSSR count). The predicted octanol–water partition coefficient (Wildman–Crippen LogP) is 5.09. The Morgan fingerprint density at radius 3 is 1.24 bits per heavy atom. The Morgan fingerprint density at radius 1 is 0.559 bits per heavy atom. The summed E-state index contributed by atoms with van der Waals surface area (Å²) in [5, 5.41) is 22.8. The number of ether oxygens (including phenoxy) is 2. The van der Waals surface area contributed by atoms with Crippen LogP contribution >= 0.6 is 0 Å². The molecule has 0 aliphatic carbocycles. The summed E-state index contributed by atoms with van der Waals surface area (Å²) >= 11 is 0. The molecule has 10 nitrogen and oxygen atoms in total. The SMILES string of the molecule is O=C(Oc1ccc([N+](=O)[O-])cc1)c1ccc2cc(C(=O)Oc3ccc([N+](=O)[O-])cc3)ccc2c1. The number of fused-ring (bicyclic) bond motifs is 1. The summed E-state index contributed by atoms with van der Waals surface area (Å²) < 4.78 is 10.5. The Bertz CT molecular complexity index is 1320. The number of non-ortho nitro benzene ring substituents is 2. The standard InChI is InChI=1S/C24H14N2O8/c27-23(33-21-9-5-19(6-10-21)25(29)30)17-3-1-15-13-18(4-2-16(15)14-17)24(28)34-22-11-7-20(8-12-22)26(31)32/h1-14H. The van der Waals surface area contributed by atoms with Crippen molar-refractivity contribution in [3.8, 4) is 11.5 Å². The van der Waals surface area contributed by atoms with E-state index in [1.165, 1.54) is 60.7 Å². The largest absolute Gasteiger partial charge is 0.423 e. The van der Waals surface area contributed by atoms with Gasteiger partial charge < -0.3 is 9.47 Å². The van der Waals surface area contributed by atoms with Crippen molar-refractivity contribution in [1.82, 2.24) is 0 Å². The van der Waals surface area contributed by atoms with Crippen LogP contribution in [0.15, 0.2) is 84.9 Å². The number of carbonyl (C=O) groups excluding carboxylic acids is 2. The zero-order valence-electron chi connectivity index (χ0n) is 17.2. The van der Waals surface area contributed by atoms with Crippen molar-refractivity contribution in [3.05, 3.63) is 116 Å². The van der Waals surface area contributed by atoms with E-state index in [1.54, 1.807) is 24.3 Å². The third-order valence-corrected chi connectivity index (χ3v) is 4.83. The van der Waals surface area contributed by atoms with Crippen molar-refractivity contribution in [3.63, 3.8) is 0 Å². The highest BCUT2D eigenvalue weighted by atomic mass is 16.6. The Hall–Kier alpha value is -5.12. The maximum atomic E-state index is 12.4. The van der Waals surface area contributed by atoms with Crippen LogP contribution in [0.25, 0.3) is 10.8 Å². The quantitative estimate of drug-likeness (QED) is 0.168. The molecule has 168 valence electrons. The molecule has 0 bridgehead atoms. The fourth-order valence-electron chi connectivity index (χ4n) is 3.10. The molecule has 0 aliphatic heterocycles. The van der Waals surface area contributed by atoms with Crippen molar-refractivity contribution >= 4 is 34.1 Å². The number of hydrogen-bond acceptors (Lipinski definition) is 8. The second-order valence-electron chi connectivity index (χ2n) is 7.06. The van der Waals surface area contributed by atoms with Crippen LogP contribution in [0.5, 0.6) is 11.5 Å². The van der Waals surface area contributed by atoms with Crippen molar-refractivity contribution < 1.29 is 28.9 Å². The summed E-state index contributed by atoms with van der Waals surface area (Å²) in [4.78, 5) is 45.2. The van der Waals surface area contributed by atoms with Crippen LogP contribution in [0.3, 0.4) is 0 Å². The fourth-order valence-corrected chi connectivity index (χ4v) is 3.10. The van der Waals surface area contributed by atoms with E-state index in [2.05, 4.69) is 0 Å². The number of rotatable bonds is 6. The molecule has 0 saturated heterocycles. The van der Waals surface area contributed by atoms with Gasteiger partial charge >= 0.3 is 11.9 Å². The molecule has 4 aromatic rings. The van der Waals surface area contributed by atoms with E-state index in [4.69, 9.17) is 9.47 Å². The van der Waals surface area contributed by atoms with Gasteiger partial charge in [-0.25, -0.2) is 9.59 Å². The summed E-state index contributed by atoms with van der Waals surface area (Å²) in [5.74, 6) is -0.949. The lowest BCUT2D eigenvalue weighted by Crippen LogP contribution is -2.09. The maximum Gasteiger partial charge on any atom is 0.343 e. The second-order valence-corrected chi connectivity index (χ2v) is 7.06. The van der Waals surface area contributed by atoms with Gasteiger partial charge in [-0.05, 0) is 59.3 Å². The van der Waals surface area contributed by atoms with Crippen LogP contribution in [0.2, 0.25) is 0 Å². The Morgan fingerprint density at radius 2 is 0.912 bits per heavy atom. The summed E-state index contributed by atoms with van der Waals surface area (Å²) in [7, 11) is 0. The normalized spacial score (nSPS) is 10.5. The summed E-state index contributed by atoms with van der Waals surface area (Å²) in [6, 6.07) is 19.8. The minimum atomic E-state index is -0.641. The van der Waals surface area contributed by atoms with Crippen molar-refractivity contribution in [1.29, 1.82) is 0 Å². The van der Waals surface area contributed by atoms with Gasteiger partial charge in [0.05, 0.1) is 21.0 Å². The average molecular weight is 458 g/mol. The highest BCUT2D eigenvalue weighted by Gasteiger charge is 2.14. The lowest BCUT2D eigenvalue weighted by Gasteiger charge is -2.07. The van der Waals surface area contributed by atoms with Crippen LogP contribution in [-0.2, 0) is 0 Å². The molecule has 0 N–H and O–H groups in total. The summed E-state index contributed by atoms with van der Waals surface area (Å²) in [6.45, 7) is 0. The van der Waals surface area contributed by atoms with E-state index in [9.17, 15) is 29.8 Å². The van der Waals surface area contributed by atoms with E-state index in [0.717, 1.165) is 0 Å². The van der Waals surface area contributed by atoms with Gasteiger partial charge in [0.15, 0.2) is 0 Å². The first-order chi connectivity index (χ1) is 16.3. The smallest absolute Gasteiger partial charge is 0.343 e. The summed E-state index contributed by atoms with van der Waals surface area (Å²) in [6.07, 6.45) is 0. The van der Waals surface area contributed by atoms with E-state index >= 15 is 0 Å². The van der Waals surface area contributed by atoms with Gasteiger partial charge in [0, 0.05) is 24.3 Å². The van der Waals surface area contributed by atoms with Crippen molar-refractivity contribution in [2.45, 2.75) is 0 Å². The van der Waals surface area contributed by atoms with Crippen LogP contribution in [0.4, 0.5) is 11.4 Å². The van der Waals surface area contributed by atoms with Gasteiger partial charge in [0.2, 0.25) is 0 Å². The number of esters is 2. The van der Waals surface area contributed by atoms with Gasteiger partial charge in [-0.15, -0.1) is 0 Å². The number of nitro benzene ring substituents is 2. The predicted molar refractivity (Wildman–Crippen MR) is 120 cm³/mol. The molecule has 0 fully saturated rings. The molecule has 0 unspecified atom stereocenters. The van der Waals surface area contributed by atoms with Gasteiger partial charge in [0.1, 0.15) is 11.5 Å². The van der Waals surface area contributed by atoms with Gasteiger partial charge in [0.25, 0.3) is 11.4 Å². The Labute approximate surface area is 191 Å². The molecule has 10 heteroatoms. The highest BCUT2D eigenvalue weighted by Crippen LogP contribution is 2.23. The van der Waals surface area contributed by atoms with Crippen LogP contribution in [0, 0.1) is 20.2 Å². The van der Waals surface area contributed by atoms with E-state index in [-0.39, 0.29) is 34.0 Å². The molecule has 0 saturated carbocycles. The first-order valence-electron chi connectivity index (χ1n) is 9.77. The number of benzene rings is 4. The molecular formula is C24H14N2O8. The van der Waals surface area contributed by atoms with Gasteiger partial charge in [-0.2, -0.15) is 0 Å². The molecule has 0 atom stereocenters. The lowest BCUT2D eigenvalue weighted by molar-refractivity contribution is -0.385. The Balaban J connectivity index is 1.47. The minimum absolute atomic E-state index is 0.117. The van der Waals surface area contributed by atoms with Crippen LogP contribution in [-0.4, -0.2) is 21.8 Å². The third kappa shape index (κ3) is 4.86. The second kappa shape index (κ2) is 9.17. The molecule has 34 heavy (non-hydrogen) atoms. The number of carbonyl (C=O) groups is 2. The van der Waals surface area contributed by atoms with Gasteiger partial charge in [-0.1, -0.05) is 12.1 Å². The first kappa shape index (κ1) is 22.1. The van der Waals surface area contributed by atoms with Crippen molar-refractivity contribution in [2.75, 3.05) is 0 Å². The third-order valence-electron chi connectivity index (χ3n) is 4.83. The zero-order chi connectivity index (χ0) is 24.2. The molecule has 0 spiro atoms. The van der Waals surface area contributed by atoms with E-state index in [1.807, 2.05) is 0 Å². The molecule has 0 amide bonds. The van der Waals surface area contributed by atoms with Crippen LogP contribution in [0.1, 0.15) is 20.7 Å². The summed E-state index contributed by atoms with van der Waals surface area (Å²) in [5.41, 5.74) is 0.279.